The summed E-state index contributed by atoms with van der Waals surface area (Å²) in [6, 6.07) is 8.22. The van der Waals surface area contributed by atoms with Crippen molar-refractivity contribution < 1.29 is 13.2 Å². The van der Waals surface area contributed by atoms with Crippen molar-refractivity contribution >= 4 is 23.1 Å². The maximum atomic E-state index is 12.7. The Morgan fingerprint density at radius 1 is 1.19 bits per heavy atom. The molecule has 112 valence electrons. The highest BCUT2D eigenvalue weighted by Crippen LogP contribution is 2.30. The first kappa shape index (κ1) is 15.6. The van der Waals surface area contributed by atoms with Crippen LogP contribution in [0, 0.1) is 0 Å². The van der Waals surface area contributed by atoms with Gasteiger partial charge in [-0.3, -0.25) is 0 Å². The molecule has 2 rings (SSSR count). The molecule has 0 atom stereocenters. The van der Waals surface area contributed by atoms with Crippen LogP contribution in [0.1, 0.15) is 24.6 Å². The van der Waals surface area contributed by atoms with Crippen molar-refractivity contribution in [1.82, 2.24) is 9.97 Å². The van der Waals surface area contributed by atoms with Crippen LogP contribution in [0.4, 0.5) is 24.7 Å². The van der Waals surface area contributed by atoms with Gasteiger partial charge in [0, 0.05) is 11.8 Å². The Balaban J connectivity index is 2.34. The number of halogens is 4. The molecular weight excluding hydrogens is 303 g/mol. The fourth-order valence-electron chi connectivity index (χ4n) is 1.89. The highest BCUT2D eigenvalue weighted by Gasteiger charge is 2.33. The molecule has 0 aliphatic heterocycles. The molecule has 0 saturated heterocycles. The van der Waals surface area contributed by atoms with E-state index < -0.39 is 17.2 Å². The zero-order chi connectivity index (χ0) is 15.5. The number of anilines is 2. The summed E-state index contributed by atoms with van der Waals surface area (Å²) < 4.78 is 38.1. The number of hydrogen-bond acceptors (Lipinski definition) is 3. The second-order valence-corrected chi connectivity index (χ2v) is 4.78. The lowest BCUT2D eigenvalue weighted by atomic mass is 10.1. The first-order valence-corrected chi connectivity index (χ1v) is 6.74. The van der Waals surface area contributed by atoms with E-state index in [1.165, 1.54) is 0 Å². The second kappa shape index (κ2) is 6.30. The van der Waals surface area contributed by atoms with E-state index in [-0.39, 0.29) is 5.82 Å². The fraction of sp³-hybridized carbons (Fsp3) is 0.286. The predicted molar refractivity (Wildman–Crippen MR) is 75.8 cm³/mol. The van der Waals surface area contributed by atoms with Crippen molar-refractivity contribution in [3.63, 3.8) is 0 Å². The molecular formula is C14H13ClF3N3. The Morgan fingerprint density at radius 3 is 2.57 bits per heavy atom. The third-order valence-corrected chi connectivity index (χ3v) is 2.96. The molecule has 0 amide bonds. The minimum Gasteiger partial charge on any atom is -0.340 e. The SMILES string of the molecule is CCCc1ccccc1Nc1cc(C(F)(F)F)nc(Cl)n1. The molecule has 0 saturated carbocycles. The van der Waals surface area contributed by atoms with Crippen LogP contribution in [-0.4, -0.2) is 9.97 Å². The fourth-order valence-corrected chi connectivity index (χ4v) is 2.08. The molecule has 0 aliphatic carbocycles. The van der Waals surface area contributed by atoms with Gasteiger partial charge in [-0.1, -0.05) is 31.5 Å². The van der Waals surface area contributed by atoms with Crippen molar-refractivity contribution in [3.05, 3.63) is 46.9 Å². The number of aryl methyl sites for hydroxylation is 1. The van der Waals surface area contributed by atoms with Gasteiger partial charge in [0.1, 0.15) is 5.82 Å². The molecule has 7 heteroatoms. The first-order chi connectivity index (χ1) is 9.90. The van der Waals surface area contributed by atoms with Crippen LogP contribution in [-0.2, 0) is 12.6 Å². The Labute approximate surface area is 125 Å². The van der Waals surface area contributed by atoms with Crippen molar-refractivity contribution in [1.29, 1.82) is 0 Å². The second-order valence-electron chi connectivity index (χ2n) is 4.44. The Hall–Kier alpha value is -1.82. The summed E-state index contributed by atoms with van der Waals surface area (Å²) in [7, 11) is 0. The molecule has 0 spiro atoms. The predicted octanol–water partition coefficient (Wildman–Crippen LogP) is 4.84. The van der Waals surface area contributed by atoms with Gasteiger partial charge in [-0.2, -0.15) is 13.2 Å². The Bertz CT molecular complexity index is 629. The quantitative estimate of drug-likeness (QED) is 0.820. The molecule has 1 heterocycles. The summed E-state index contributed by atoms with van der Waals surface area (Å²) in [6.07, 6.45) is -2.82. The summed E-state index contributed by atoms with van der Waals surface area (Å²) in [5, 5.41) is 2.43. The highest BCUT2D eigenvalue weighted by atomic mass is 35.5. The van der Waals surface area contributed by atoms with Gasteiger partial charge in [0.25, 0.3) is 0 Å². The van der Waals surface area contributed by atoms with Crippen LogP contribution < -0.4 is 5.32 Å². The third-order valence-electron chi connectivity index (χ3n) is 2.79. The smallest absolute Gasteiger partial charge is 0.340 e. The highest BCUT2D eigenvalue weighted by molar-refractivity contribution is 6.28. The van der Waals surface area contributed by atoms with E-state index in [4.69, 9.17) is 11.6 Å². The van der Waals surface area contributed by atoms with Crippen LogP contribution in [0.5, 0.6) is 0 Å². The summed E-state index contributed by atoms with van der Waals surface area (Å²) in [6.45, 7) is 2.03. The average Bonchev–Trinajstić information content (AvgIpc) is 2.40. The van der Waals surface area contributed by atoms with Gasteiger partial charge < -0.3 is 5.32 Å². The molecule has 0 aliphatic rings. The topological polar surface area (TPSA) is 37.8 Å². The van der Waals surface area contributed by atoms with Crippen LogP contribution in [0.25, 0.3) is 0 Å². The minimum absolute atomic E-state index is 0.0193. The molecule has 0 fully saturated rings. The summed E-state index contributed by atoms with van der Waals surface area (Å²) in [5.74, 6) is 0.0193. The number of nitrogens with zero attached hydrogens (tertiary/aromatic N) is 2. The van der Waals surface area contributed by atoms with Gasteiger partial charge in [-0.25, -0.2) is 9.97 Å². The van der Waals surface area contributed by atoms with Gasteiger partial charge in [-0.15, -0.1) is 0 Å². The average molecular weight is 316 g/mol. The number of rotatable bonds is 4. The maximum absolute atomic E-state index is 12.7. The van der Waals surface area contributed by atoms with E-state index in [2.05, 4.69) is 15.3 Å². The van der Waals surface area contributed by atoms with Crippen molar-refractivity contribution in [2.24, 2.45) is 0 Å². The lowest BCUT2D eigenvalue weighted by Gasteiger charge is -2.12. The largest absolute Gasteiger partial charge is 0.433 e. The summed E-state index contributed by atoms with van der Waals surface area (Å²) in [4.78, 5) is 6.98. The number of alkyl halides is 3. The van der Waals surface area contributed by atoms with Gasteiger partial charge in [0.2, 0.25) is 5.28 Å². The molecule has 1 aromatic carbocycles. The van der Waals surface area contributed by atoms with Crippen LogP contribution >= 0.6 is 11.6 Å². The molecule has 2 aromatic rings. The Morgan fingerprint density at radius 2 is 1.90 bits per heavy atom. The van der Waals surface area contributed by atoms with E-state index >= 15 is 0 Å². The van der Waals surface area contributed by atoms with E-state index in [1.54, 1.807) is 12.1 Å². The third kappa shape index (κ3) is 4.07. The summed E-state index contributed by atoms with van der Waals surface area (Å²) >= 11 is 5.56. The molecule has 21 heavy (non-hydrogen) atoms. The molecule has 1 N–H and O–H groups in total. The molecule has 0 radical (unpaired) electrons. The van der Waals surface area contributed by atoms with Crippen LogP contribution in [0.3, 0.4) is 0 Å². The van der Waals surface area contributed by atoms with Crippen molar-refractivity contribution in [2.75, 3.05) is 5.32 Å². The molecule has 1 aromatic heterocycles. The van der Waals surface area contributed by atoms with E-state index in [1.807, 2.05) is 19.1 Å². The lowest BCUT2D eigenvalue weighted by Crippen LogP contribution is -2.10. The van der Waals surface area contributed by atoms with Crippen molar-refractivity contribution in [2.45, 2.75) is 25.9 Å². The number of para-hydroxylation sites is 1. The molecule has 3 nitrogen and oxygen atoms in total. The maximum Gasteiger partial charge on any atom is 0.433 e. The molecule has 0 unspecified atom stereocenters. The number of aromatic nitrogens is 2. The number of benzene rings is 1. The minimum atomic E-state index is -4.56. The van der Waals surface area contributed by atoms with Gasteiger partial charge in [0.05, 0.1) is 0 Å². The van der Waals surface area contributed by atoms with Crippen LogP contribution in [0.15, 0.2) is 30.3 Å². The van der Waals surface area contributed by atoms with Crippen molar-refractivity contribution in [3.8, 4) is 0 Å². The number of nitrogens with one attached hydrogen (secondary N) is 1. The van der Waals surface area contributed by atoms with Gasteiger partial charge >= 0.3 is 6.18 Å². The standard InChI is InChI=1S/C14H13ClF3N3/c1-2-5-9-6-3-4-7-10(9)19-12-8-11(14(16,17)18)20-13(15)21-12/h3-4,6-8H,2,5H2,1H3,(H,19,20,21). The Kier molecular flexibility index (Phi) is 4.67. The zero-order valence-electron chi connectivity index (χ0n) is 11.2. The van der Waals surface area contributed by atoms with E-state index in [9.17, 15) is 13.2 Å². The lowest BCUT2D eigenvalue weighted by molar-refractivity contribution is -0.141. The normalized spacial score (nSPS) is 11.5. The monoisotopic (exact) mass is 315 g/mol. The zero-order valence-corrected chi connectivity index (χ0v) is 12.0. The van der Waals surface area contributed by atoms with E-state index in [0.29, 0.717) is 5.69 Å². The molecule has 0 bridgehead atoms. The number of hydrogen-bond donors (Lipinski definition) is 1. The first-order valence-electron chi connectivity index (χ1n) is 6.37. The summed E-state index contributed by atoms with van der Waals surface area (Å²) in [5.41, 5.74) is 0.642. The van der Waals surface area contributed by atoms with E-state index in [0.717, 1.165) is 24.5 Å². The van der Waals surface area contributed by atoms with Gasteiger partial charge in [0.15, 0.2) is 5.69 Å². The van der Waals surface area contributed by atoms with Crippen LogP contribution in [0.2, 0.25) is 5.28 Å². The van der Waals surface area contributed by atoms with Gasteiger partial charge in [-0.05, 0) is 29.7 Å².